The molecule has 2 N–H and O–H groups in total. The van der Waals surface area contributed by atoms with Gasteiger partial charge >= 0.3 is 0 Å². The minimum Gasteiger partial charge on any atom is -0.379 e. The SMILES string of the molecule is CCOCCOCc1cccc(NC(=O)CCNS(=O)(=O)c2c(C)cc(C)cc2C)c1. The van der Waals surface area contributed by atoms with E-state index >= 15 is 0 Å². The molecule has 2 rings (SSSR count). The number of hydrogen-bond donors (Lipinski definition) is 2. The van der Waals surface area contributed by atoms with E-state index in [-0.39, 0.29) is 23.8 Å². The zero-order chi connectivity index (χ0) is 22.9. The third kappa shape index (κ3) is 8.06. The van der Waals surface area contributed by atoms with E-state index in [0.29, 0.717) is 43.2 Å². The first-order valence-electron chi connectivity index (χ1n) is 10.3. The van der Waals surface area contributed by atoms with Gasteiger partial charge in [-0.15, -0.1) is 0 Å². The molecule has 0 aromatic heterocycles. The summed E-state index contributed by atoms with van der Waals surface area (Å²) in [5, 5.41) is 2.80. The molecule has 0 aliphatic rings. The first-order valence-corrected chi connectivity index (χ1v) is 11.8. The zero-order valence-electron chi connectivity index (χ0n) is 18.7. The Morgan fingerprint density at radius 2 is 1.68 bits per heavy atom. The first kappa shape index (κ1) is 25.0. The van der Waals surface area contributed by atoms with Crippen molar-refractivity contribution in [3.8, 4) is 0 Å². The Labute approximate surface area is 185 Å². The summed E-state index contributed by atoms with van der Waals surface area (Å²) in [6, 6.07) is 11.0. The van der Waals surface area contributed by atoms with Gasteiger partial charge in [-0.2, -0.15) is 0 Å². The molecule has 0 aliphatic carbocycles. The highest BCUT2D eigenvalue weighted by Crippen LogP contribution is 2.21. The largest absolute Gasteiger partial charge is 0.379 e. The molecular formula is C23H32N2O5S. The Morgan fingerprint density at radius 1 is 1.00 bits per heavy atom. The number of rotatable bonds is 12. The predicted octanol–water partition coefficient (Wildman–Crippen LogP) is 3.47. The van der Waals surface area contributed by atoms with Gasteiger partial charge in [-0.05, 0) is 56.5 Å². The molecule has 0 spiro atoms. The molecule has 0 atom stereocenters. The summed E-state index contributed by atoms with van der Waals surface area (Å²) in [5.74, 6) is -0.269. The van der Waals surface area contributed by atoms with E-state index in [9.17, 15) is 13.2 Å². The molecule has 170 valence electrons. The average molecular weight is 449 g/mol. The van der Waals surface area contributed by atoms with Gasteiger partial charge < -0.3 is 14.8 Å². The Balaban J connectivity index is 1.85. The van der Waals surface area contributed by atoms with E-state index in [4.69, 9.17) is 9.47 Å². The van der Waals surface area contributed by atoms with E-state index < -0.39 is 10.0 Å². The van der Waals surface area contributed by atoms with Crippen LogP contribution in [0.25, 0.3) is 0 Å². The number of aryl methyl sites for hydroxylation is 3. The van der Waals surface area contributed by atoms with Crippen molar-refractivity contribution >= 4 is 21.6 Å². The van der Waals surface area contributed by atoms with Crippen molar-refractivity contribution in [1.29, 1.82) is 0 Å². The summed E-state index contributed by atoms with van der Waals surface area (Å²) < 4.78 is 38.6. The summed E-state index contributed by atoms with van der Waals surface area (Å²) in [5.41, 5.74) is 3.96. The molecule has 31 heavy (non-hydrogen) atoms. The monoisotopic (exact) mass is 448 g/mol. The lowest BCUT2D eigenvalue weighted by atomic mass is 10.1. The molecule has 0 unspecified atom stereocenters. The van der Waals surface area contributed by atoms with Crippen LogP contribution >= 0.6 is 0 Å². The number of anilines is 1. The van der Waals surface area contributed by atoms with E-state index in [1.54, 1.807) is 19.9 Å². The highest BCUT2D eigenvalue weighted by molar-refractivity contribution is 7.89. The number of amides is 1. The van der Waals surface area contributed by atoms with Gasteiger partial charge in [-0.25, -0.2) is 13.1 Å². The van der Waals surface area contributed by atoms with Gasteiger partial charge in [0, 0.05) is 25.3 Å². The maximum atomic E-state index is 12.7. The number of ether oxygens (including phenoxy) is 2. The molecule has 7 nitrogen and oxygen atoms in total. The molecule has 0 bridgehead atoms. The van der Waals surface area contributed by atoms with Gasteiger partial charge in [0.15, 0.2) is 0 Å². The summed E-state index contributed by atoms with van der Waals surface area (Å²) in [7, 11) is -3.69. The summed E-state index contributed by atoms with van der Waals surface area (Å²) >= 11 is 0. The normalized spacial score (nSPS) is 11.5. The predicted molar refractivity (Wildman–Crippen MR) is 122 cm³/mol. The number of carbonyl (C=O) groups excluding carboxylic acids is 1. The lowest BCUT2D eigenvalue weighted by Crippen LogP contribution is -2.29. The number of nitrogens with one attached hydrogen (secondary N) is 2. The first-order chi connectivity index (χ1) is 14.7. The van der Waals surface area contributed by atoms with Crippen LogP contribution in [0, 0.1) is 20.8 Å². The highest BCUT2D eigenvalue weighted by Gasteiger charge is 2.19. The van der Waals surface area contributed by atoms with E-state index in [2.05, 4.69) is 10.0 Å². The molecule has 0 heterocycles. The van der Waals surface area contributed by atoms with Gasteiger partial charge in [0.1, 0.15) is 0 Å². The van der Waals surface area contributed by atoms with Crippen molar-refractivity contribution < 1.29 is 22.7 Å². The van der Waals surface area contributed by atoms with Crippen molar-refractivity contribution in [2.24, 2.45) is 0 Å². The fourth-order valence-corrected chi connectivity index (χ4v) is 4.86. The maximum absolute atomic E-state index is 12.7. The van der Waals surface area contributed by atoms with Crippen LogP contribution in [0.5, 0.6) is 0 Å². The zero-order valence-corrected chi connectivity index (χ0v) is 19.5. The Hall–Kier alpha value is -2.26. The van der Waals surface area contributed by atoms with E-state index in [1.165, 1.54) is 0 Å². The molecule has 0 saturated carbocycles. The topological polar surface area (TPSA) is 93.7 Å². The third-order valence-corrected chi connectivity index (χ3v) is 6.34. The number of hydrogen-bond acceptors (Lipinski definition) is 5. The van der Waals surface area contributed by atoms with Crippen LogP contribution in [0.3, 0.4) is 0 Å². The van der Waals surface area contributed by atoms with Crippen molar-refractivity contribution in [3.63, 3.8) is 0 Å². The van der Waals surface area contributed by atoms with Crippen molar-refractivity contribution in [3.05, 3.63) is 58.7 Å². The van der Waals surface area contributed by atoms with Gasteiger partial charge in [0.25, 0.3) is 0 Å². The Kier molecular flexibility index (Phi) is 9.64. The van der Waals surface area contributed by atoms with Crippen LogP contribution in [-0.2, 0) is 30.9 Å². The average Bonchev–Trinajstić information content (AvgIpc) is 2.67. The van der Waals surface area contributed by atoms with Crippen LogP contribution in [0.1, 0.15) is 35.6 Å². The van der Waals surface area contributed by atoms with Crippen LogP contribution in [0.2, 0.25) is 0 Å². The second kappa shape index (κ2) is 12.0. The fourth-order valence-electron chi connectivity index (χ4n) is 3.38. The molecular weight excluding hydrogens is 416 g/mol. The van der Waals surface area contributed by atoms with Gasteiger partial charge in [-0.1, -0.05) is 29.8 Å². The van der Waals surface area contributed by atoms with E-state index in [0.717, 1.165) is 11.1 Å². The van der Waals surface area contributed by atoms with Crippen LogP contribution in [0.15, 0.2) is 41.3 Å². The summed E-state index contributed by atoms with van der Waals surface area (Å²) in [6.45, 7) is 9.55. The molecule has 0 saturated heterocycles. The minimum atomic E-state index is -3.69. The van der Waals surface area contributed by atoms with Gasteiger partial charge in [-0.3, -0.25) is 4.79 Å². The Morgan fingerprint density at radius 3 is 2.35 bits per heavy atom. The second-order valence-corrected chi connectivity index (χ2v) is 9.08. The summed E-state index contributed by atoms with van der Waals surface area (Å²) in [4.78, 5) is 12.5. The minimum absolute atomic E-state index is 0.0150. The Bertz CT molecular complexity index is 966. The second-order valence-electron chi connectivity index (χ2n) is 7.37. The quantitative estimate of drug-likeness (QED) is 0.485. The van der Waals surface area contributed by atoms with Crippen molar-refractivity contribution in [2.75, 3.05) is 31.7 Å². The van der Waals surface area contributed by atoms with E-state index in [1.807, 2.05) is 44.2 Å². The molecule has 0 aliphatic heterocycles. The van der Waals surface area contributed by atoms with Gasteiger partial charge in [0.05, 0.1) is 24.7 Å². The number of sulfonamides is 1. The molecule has 2 aromatic rings. The van der Waals surface area contributed by atoms with Crippen LogP contribution in [0.4, 0.5) is 5.69 Å². The number of carbonyl (C=O) groups is 1. The third-order valence-electron chi connectivity index (χ3n) is 4.57. The molecule has 2 aromatic carbocycles. The summed E-state index contributed by atoms with van der Waals surface area (Å²) in [6.07, 6.45) is 0.0261. The lowest BCUT2D eigenvalue weighted by Gasteiger charge is -2.13. The molecule has 1 amide bonds. The maximum Gasteiger partial charge on any atom is 0.241 e. The highest BCUT2D eigenvalue weighted by atomic mass is 32.2. The van der Waals surface area contributed by atoms with Crippen molar-refractivity contribution in [1.82, 2.24) is 4.72 Å². The lowest BCUT2D eigenvalue weighted by molar-refractivity contribution is -0.116. The number of benzene rings is 2. The van der Waals surface area contributed by atoms with Crippen molar-refractivity contribution in [2.45, 2.75) is 45.6 Å². The van der Waals surface area contributed by atoms with Crippen LogP contribution < -0.4 is 10.0 Å². The standard InChI is InChI=1S/C23H32N2O5S/c1-5-29-11-12-30-16-20-7-6-8-21(15-20)25-22(26)9-10-24-31(27,28)23-18(3)13-17(2)14-19(23)4/h6-8,13-15,24H,5,9-12,16H2,1-4H3,(H,25,26). The molecule has 0 radical (unpaired) electrons. The fraction of sp³-hybridized carbons (Fsp3) is 0.435. The van der Waals surface area contributed by atoms with Gasteiger partial charge in [0.2, 0.25) is 15.9 Å². The smallest absolute Gasteiger partial charge is 0.241 e. The molecule has 0 fully saturated rings. The van der Waals surface area contributed by atoms with Crippen LogP contribution in [-0.4, -0.2) is 40.7 Å². The molecule has 8 heteroatoms.